The second kappa shape index (κ2) is 8.26. The van der Waals surface area contributed by atoms with Crippen LogP contribution >= 0.6 is 0 Å². The number of para-hydroxylation sites is 1. The van der Waals surface area contributed by atoms with Gasteiger partial charge in [0.05, 0.1) is 35.4 Å². The molecular formula is C24H22F3N7O. The van der Waals surface area contributed by atoms with E-state index in [1.165, 1.54) is 23.5 Å². The van der Waals surface area contributed by atoms with Crippen molar-refractivity contribution in [3.63, 3.8) is 0 Å². The number of carbonyl (C=O) groups excluding carboxylic acids is 1. The maximum absolute atomic E-state index is 13.7. The van der Waals surface area contributed by atoms with Gasteiger partial charge in [0.2, 0.25) is 5.95 Å². The first-order valence-electron chi connectivity index (χ1n) is 10.9. The van der Waals surface area contributed by atoms with Gasteiger partial charge in [0.15, 0.2) is 5.82 Å². The second-order valence-electron chi connectivity index (χ2n) is 8.50. The van der Waals surface area contributed by atoms with Crippen LogP contribution in [0.5, 0.6) is 0 Å². The lowest BCUT2D eigenvalue weighted by atomic mass is 9.95. The molecule has 0 fully saturated rings. The van der Waals surface area contributed by atoms with E-state index in [0.29, 0.717) is 39.8 Å². The molecule has 0 spiro atoms. The van der Waals surface area contributed by atoms with Gasteiger partial charge in [0, 0.05) is 38.1 Å². The molecule has 5 rings (SSSR count). The lowest BCUT2D eigenvalue weighted by Gasteiger charge is -2.25. The van der Waals surface area contributed by atoms with Crippen molar-refractivity contribution in [3.8, 4) is 0 Å². The lowest BCUT2D eigenvalue weighted by Crippen LogP contribution is -2.26. The number of hydrogen-bond acceptors (Lipinski definition) is 6. The second-order valence-corrected chi connectivity index (χ2v) is 8.50. The highest BCUT2D eigenvalue weighted by atomic mass is 19.4. The van der Waals surface area contributed by atoms with Crippen LogP contribution in [0.4, 0.5) is 36.3 Å². The minimum atomic E-state index is -4.41. The van der Waals surface area contributed by atoms with Crippen LogP contribution in [0.1, 0.15) is 22.5 Å². The molecule has 11 heteroatoms. The number of anilines is 4. The summed E-state index contributed by atoms with van der Waals surface area (Å²) in [6.45, 7) is 1.77. The molecule has 1 aromatic carbocycles. The van der Waals surface area contributed by atoms with Crippen molar-refractivity contribution in [2.24, 2.45) is 5.92 Å². The third-order valence-electron chi connectivity index (χ3n) is 6.07. The molecule has 0 saturated carbocycles. The summed E-state index contributed by atoms with van der Waals surface area (Å²) in [4.78, 5) is 29.2. The van der Waals surface area contributed by atoms with Crippen LogP contribution in [0.2, 0.25) is 0 Å². The summed E-state index contributed by atoms with van der Waals surface area (Å²) in [5.74, 6) is -1.30. The quantitative estimate of drug-likeness (QED) is 0.581. The fourth-order valence-corrected chi connectivity index (χ4v) is 4.21. The number of fused-ring (bicyclic) bond motifs is 2. The van der Waals surface area contributed by atoms with E-state index in [1.807, 2.05) is 12.1 Å². The minimum Gasteiger partial charge on any atom is -0.328 e. The van der Waals surface area contributed by atoms with E-state index >= 15 is 0 Å². The van der Waals surface area contributed by atoms with E-state index < -0.39 is 12.1 Å². The number of carbonyl (C=O) groups is 1. The molecule has 2 aliphatic rings. The molecule has 0 bridgehead atoms. The van der Waals surface area contributed by atoms with Gasteiger partial charge in [-0.25, -0.2) is 9.97 Å². The van der Waals surface area contributed by atoms with Crippen LogP contribution in [-0.2, 0) is 0 Å². The van der Waals surface area contributed by atoms with Crippen LogP contribution in [0.15, 0.2) is 60.8 Å². The van der Waals surface area contributed by atoms with Gasteiger partial charge in [-0.05, 0) is 31.2 Å². The van der Waals surface area contributed by atoms with Gasteiger partial charge in [-0.2, -0.15) is 18.2 Å². The number of rotatable bonds is 3. The fourth-order valence-electron chi connectivity index (χ4n) is 4.21. The molecule has 1 aliphatic heterocycles. The third kappa shape index (κ3) is 4.13. The smallest absolute Gasteiger partial charge is 0.328 e. The number of allylic oxidation sites excluding steroid dienone is 4. The zero-order valence-corrected chi connectivity index (χ0v) is 19.2. The van der Waals surface area contributed by atoms with Crippen LogP contribution in [-0.4, -0.2) is 45.7 Å². The van der Waals surface area contributed by atoms with Gasteiger partial charge < -0.3 is 19.7 Å². The predicted octanol–water partition coefficient (Wildman–Crippen LogP) is 4.76. The van der Waals surface area contributed by atoms with Crippen LogP contribution in [0, 0.1) is 12.8 Å². The molecule has 0 saturated heterocycles. The number of halogens is 3. The molecule has 8 nitrogen and oxygen atoms in total. The van der Waals surface area contributed by atoms with Crippen molar-refractivity contribution >= 4 is 34.7 Å². The van der Waals surface area contributed by atoms with Crippen molar-refractivity contribution in [2.75, 3.05) is 29.2 Å². The number of benzene rings is 1. The molecule has 1 amide bonds. The average Bonchev–Trinajstić information content (AvgIpc) is 3.25. The van der Waals surface area contributed by atoms with E-state index in [4.69, 9.17) is 0 Å². The highest BCUT2D eigenvalue weighted by Crippen LogP contribution is 2.39. The summed E-state index contributed by atoms with van der Waals surface area (Å²) in [5.41, 5.74) is 3.03. The Labute approximate surface area is 199 Å². The molecule has 2 aromatic heterocycles. The molecule has 1 N–H and O–H groups in total. The molecule has 3 aromatic rings. The van der Waals surface area contributed by atoms with Gasteiger partial charge in [-0.1, -0.05) is 12.1 Å². The standard InChI is InChI=1S/C24H22F3N7O/c1-14-12-34(13-29-14)17-9-15(24(25,26)27)8-16(10-17)30-23-28-11-20-21(31-23)32(2)19-7-5-4-6-18(19)22(35)33(20)3/h4-7,9-13,15H,8H2,1-3H3,(H,28,30,31). The predicted molar refractivity (Wildman–Crippen MR) is 126 cm³/mol. The fraction of sp³-hybridized carbons (Fsp3) is 0.250. The summed E-state index contributed by atoms with van der Waals surface area (Å²) < 4.78 is 42.6. The molecular weight excluding hydrogens is 459 g/mol. The van der Waals surface area contributed by atoms with E-state index in [2.05, 4.69) is 20.3 Å². The Morgan fingerprint density at radius 1 is 1.09 bits per heavy atom. The van der Waals surface area contributed by atoms with Crippen LogP contribution in [0.25, 0.3) is 5.70 Å². The first-order chi connectivity index (χ1) is 16.6. The minimum absolute atomic E-state index is 0.131. The highest BCUT2D eigenvalue weighted by Gasteiger charge is 2.40. The van der Waals surface area contributed by atoms with Gasteiger partial charge in [-0.3, -0.25) is 4.79 Å². The Morgan fingerprint density at radius 3 is 2.57 bits per heavy atom. The summed E-state index contributed by atoms with van der Waals surface area (Å²) in [6, 6.07) is 7.16. The normalized spacial score (nSPS) is 17.9. The number of nitrogens with zero attached hydrogens (tertiary/aromatic N) is 6. The summed E-state index contributed by atoms with van der Waals surface area (Å²) in [7, 11) is 3.41. The number of imidazole rings is 1. The van der Waals surface area contributed by atoms with Crippen LogP contribution in [0.3, 0.4) is 0 Å². The molecule has 0 radical (unpaired) electrons. The Morgan fingerprint density at radius 2 is 1.86 bits per heavy atom. The molecule has 180 valence electrons. The van der Waals surface area contributed by atoms with Gasteiger partial charge in [-0.15, -0.1) is 0 Å². The number of aryl methyl sites for hydroxylation is 1. The lowest BCUT2D eigenvalue weighted by molar-refractivity contribution is -0.160. The maximum Gasteiger partial charge on any atom is 0.395 e. The van der Waals surface area contributed by atoms with Gasteiger partial charge in [0.1, 0.15) is 5.69 Å². The summed E-state index contributed by atoms with van der Waals surface area (Å²) in [5, 5.41) is 2.96. The average molecular weight is 481 g/mol. The Bertz CT molecular complexity index is 1380. The zero-order chi connectivity index (χ0) is 24.9. The third-order valence-corrected chi connectivity index (χ3v) is 6.07. The molecule has 1 atom stereocenters. The van der Waals surface area contributed by atoms with E-state index in [0.717, 1.165) is 0 Å². The molecule has 35 heavy (non-hydrogen) atoms. The first kappa shape index (κ1) is 22.6. The molecule has 1 aliphatic carbocycles. The van der Waals surface area contributed by atoms with E-state index in [1.54, 1.807) is 54.9 Å². The summed E-state index contributed by atoms with van der Waals surface area (Å²) >= 11 is 0. The zero-order valence-electron chi connectivity index (χ0n) is 19.2. The van der Waals surface area contributed by atoms with Crippen molar-refractivity contribution in [3.05, 3.63) is 72.1 Å². The first-order valence-corrected chi connectivity index (χ1v) is 10.9. The Kier molecular flexibility index (Phi) is 5.34. The van der Waals surface area contributed by atoms with Crippen molar-refractivity contribution in [2.45, 2.75) is 19.5 Å². The van der Waals surface area contributed by atoms with Gasteiger partial charge in [0.25, 0.3) is 5.91 Å². The Hall–Kier alpha value is -4.15. The van der Waals surface area contributed by atoms with Crippen LogP contribution < -0.4 is 15.1 Å². The number of nitrogens with one attached hydrogen (secondary N) is 1. The Balaban J connectivity index is 1.51. The van der Waals surface area contributed by atoms with Crippen molar-refractivity contribution in [1.82, 2.24) is 19.5 Å². The van der Waals surface area contributed by atoms with E-state index in [9.17, 15) is 18.0 Å². The molecule has 3 heterocycles. The van der Waals surface area contributed by atoms with E-state index in [-0.39, 0.29) is 18.3 Å². The number of amides is 1. The molecule has 1 unspecified atom stereocenters. The van der Waals surface area contributed by atoms with Gasteiger partial charge >= 0.3 is 6.18 Å². The number of hydrogen-bond donors (Lipinski definition) is 1. The van der Waals surface area contributed by atoms with Crippen molar-refractivity contribution in [1.29, 1.82) is 0 Å². The van der Waals surface area contributed by atoms with Crippen molar-refractivity contribution < 1.29 is 18.0 Å². The number of aromatic nitrogens is 4. The highest BCUT2D eigenvalue weighted by molar-refractivity contribution is 6.13. The topological polar surface area (TPSA) is 79.2 Å². The largest absolute Gasteiger partial charge is 0.395 e. The monoisotopic (exact) mass is 481 g/mol. The number of alkyl halides is 3. The maximum atomic E-state index is 13.7. The summed E-state index contributed by atoms with van der Waals surface area (Å²) in [6.07, 6.45) is 2.76. The SMILES string of the molecule is Cc1cn(C2=CC(C(F)(F)F)CC(Nc3ncc4c(n3)N(C)c3ccccc3C(=O)N4C)=C2)cn1.